The van der Waals surface area contributed by atoms with E-state index in [1.54, 1.807) is 0 Å². The number of aryl methyl sites for hydroxylation is 1. The molecule has 1 N–H and O–H groups in total. The zero-order valence-corrected chi connectivity index (χ0v) is 11.3. The molecule has 1 aromatic rings. The molecule has 3 rings (SSSR count). The maximum Gasteiger partial charge on any atom is 0.153 e. The minimum atomic E-state index is 0.643. The summed E-state index contributed by atoms with van der Waals surface area (Å²) in [6, 6.07) is 0. The fourth-order valence-corrected chi connectivity index (χ4v) is 3.61. The topological polar surface area (TPSA) is 41.6 Å². The van der Waals surface area contributed by atoms with Gasteiger partial charge in [0.15, 0.2) is 5.82 Å². The standard InChI is InChI=1S/C15H25N3/c1-2-6-12(7-3-1)10-11-14-16-15(18-17-14)13-8-4-5-9-13/h12-13H,1-11H2,(H,16,17,18). The molecule has 0 aliphatic heterocycles. The van der Waals surface area contributed by atoms with E-state index in [4.69, 9.17) is 4.98 Å². The van der Waals surface area contributed by atoms with Crippen LogP contribution in [0.25, 0.3) is 0 Å². The van der Waals surface area contributed by atoms with E-state index in [0.717, 1.165) is 24.0 Å². The zero-order chi connectivity index (χ0) is 12.2. The van der Waals surface area contributed by atoms with Crippen LogP contribution in [0.1, 0.15) is 81.8 Å². The number of hydrogen-bond acceptors (Lipinski definition) is 2. The Morgan fingerprint density at radius 1 is 0.944 bits per heavy atom. The molecule has 0 saturated heterocycles. The van der Waals surface area contributed by atoms with Crippen LogP contribution in [0.4, 0.5) is 0 Å². The number of H-pyrrole nitrogens is 1. The van der Waals surface area contributed by atoms with Gasteiger partial charge in [-0.2, -0.15) is 5.10 Å². The second-order valence-corrected chi connectivity index (χ2v) is 6.16. The summed E-state index contributed by atoms with van der Waals surface area (Å²) in [5, 5.41) is 7.59. The van der Waals surface area contributed by atoms with Gasteiger partial charge in [0.05, 0.1) is 0 Å². The predicted octanol–water partition coefficient (Wildman–Crippen LogP) is 3.98. The van der Waals surface area contributed by atoms with Crippen LogP contribution in [-0.2, 0) is 6.42 Å². The molecule has 0 spiro atoms. The summed E-state index contributed by atoms with van der Waals surface area (Å²) in [5.74, 6) is 3.80. The van der Waals surface area contributed by atoms with Crippen molar-refractivity contribution in [2.75, 3.05) is 0 Å². The molecule has 1 heterocycles. The van der Waals surface area contributed by atoms with Crippen LogP contribution >= 0.6 is 0 Å². The highest BCUT2D eigenvalue weighted by atomic mass is 15.2. The average Bonchev–Trinajstić information content (AvgIpc) is 3.08. The second kappa shape index (κ2) is 5.85. The van der Waals surface area contributed by atoms with Gasteiger partial charge < -0.3 is 0 Å². The van der Waals surface area contributed by atoms with Crippen molar-refractivity contribution in [1.82, 2.24) is 15.2 Å². The lowest BCUT2D eigenvalue weighted by atomic mass is 9.86. The Bertz CT molecular complexity index is 360. The lowest BCUT2D eigenvalue weighted by molar-refractivity contribution is 0.337. The third-order valence-corrected chi connectivity index (χ3v) is 4.78. The molecule has 0 atom stereocenters. The van der Waals surface area contributed by atoms with Crippen LogP contribution in [0.2, 0.25) is 0 Å². The first-order chi connectivity index (χ1) is 8.92. The molecule has 2 saturated carbocycles. The molecule has 0 radical (unpaired) electrons. The van der Waals surface area contributed by atoms with Crippen molar-refractivity contribution < 1.29 is 0 Å². The van der Waals surface area contributed by atoms with Crippen LogP contribution in [0.15, 0.2) is 0 Å². The molecule has 3 heteroatoms. The molecule has 2 aliphatic carbocycles. The van der Waals surface area contributed by atoms with Gasteiger partial charge in [-0.25, -0.2) is 4.98 Å². The molecule has 0 bridgehead atoms. The van der Waals surface area contributed by atoms with Gasteiger partial charge in [-0.15, -0.1) is 0 Å². The van der Waals surface area contributed by atoms with E-state index in [1.807, 2.05) is 0 Å². The highest BCUT2D eigenvalue weighted by molar-refractivity contribution is 5.00. The lowest BCUT2D eigenvalue weighted by Crippen LogP contribution is -2.07. The Hall–Kier alpha value is -0.860. The number of hydrogen-bond donors (Lipinski definition) is 1. The van der Waals surface area contributed by atoms with E-state index in [2.05, 4.69) is 10.2 Å². The Morgan fingerprint density at radius 2 is 1.67 bits per heavy atom. The number of nitrogens with zero attached hydrogens (tertiary/aromatic N) is 2. The Morgan fingerprint density at radius 3 is 2.44 bits per heavy atom. The predicted molar refractivity (Wildman–Crippen MR) is 72.5 cm³/mol. The van der Waals surface area contributed by atoms with Gasteiger partial charge in [0.2, 0.25) is 0 Å². The molecule has 0 aromatic carbocycles. The molecular weight excluding hydrogens is 222 g/mol. The summed E-state index contributed by atoms with van der Waals surface area (Å²) >= 11 is 0. The van der Waals surface area contributed by atoms with Crippen molar-refractivity contribution in [3.63, 3.8) is 0 Å². The average molecular weight is 247 g/mol. The first kappa shape index (κ1) is 12.2. The van der Waals surface area contributed by atoms with Crippen LogP contribution in [0, 0.1) is 5.92 Å². The molecular formula is C15H25N3. The fraction of sp³-hybridized carbons (Fsp3) is 0.867. The normalized spacial score (nSPS) is 22.7. The Labute approximate surface area is 110 Å². The van der Waals surface area contributed by atoms with E-state index >= 15 is 0 Å². The minimum Gasteiger partial charge on any atom is -0.263 e. The second-order valence-electron chi connectivity index (χ2n) is 6.16. The summed E-state index contributed by atoms with van der Waals surface area (Å²) in [6.07, 6.45) is 14.9. The quantitative estimate of drug-likeness (QED) is 0.874. The van der Waals surface area contributed by atoms with Gasteiger partial charge in [0, 0.05) is 12.3 Å². The van der Waals surface area contributed by atoms with Gasteiger partial charge in [-0.05, 0) is 25.2 Å². The molecule has 2 fully saturated rings. The summed E-state index contributed by atoms with van der Waals surface area (Å²) in [7, 11) is 0. The highest BCUT2D eigenvalue weighted by Gasteiger charge is 2.21. The molecule has 1 aromatic heterocycles. The number of aromatic amines is 1. The monoisotopic (exact) mass is 247 g/mol. The lowest BCUT2D eigenvalue weighted by Gasteiger charge is -2.20. The first-order valence-corrected chi connectivity index (χ1v) is 7.83. The van der Waals surface area contributed by atoms with Crippen molar-refractivity contribution in [3.8, 4) is 0 Å². The third kappa shape index (κ3) is 2.93. The summed E-state index contributed by atoms with van der Waals surface area (Å²) in [4.78, 5) is 4.71. The SMILES string of the molecule is C1CCC(CCc2nc(C3CCCC3)n[nH]2)CC1. The number of aromatic nitrogens is 3. The van der Waals surface area contributed by atoms with E-state index < -0.39 is 0 Å². The summed E-state index contributed by atoms with van der Waals surface area (Å²) in [5.41, 5.74) is 0. The van der Waals surface area contributed by atoms with E-state index in [0.29, 0.717) is 5.92 Å². The summed E-state index contributed by atoms with van der Waals surface area (Å²) < 4.78 is 0. The van der Waals surface area contributed by atoms with Crippen molar-refractivity contribution in [3.05, 3.63) is 11.6 Å². The van der Waals surface area contributed by atoms with Crippen LogP contribution in [0.5, 0.6) is 0 Å². The number of nitrogens with one attached hydrogen (secondary N) is 1. The van der Waals surface area contributed by atoms with Gasteiger partial charge in [-0.1, -0.05) is 44.9 Å². The first-order valence-electron chi connectivity index (χ1n) is 7.83. The Kier molecular flexibility index (Phi) is 3.96. The van der Waals surface area contributed by atoms with Crippen molar-refractivity contribution in [1.29, 1.82) is 0 Å². The molecule has 0 amide bonds. The largest absolute Gasteiger partial charge is 0.263 e. The smallest absolute Gasteiger partial charge is 0.153 e. The van der Waals surface area contributed by atoms with E-state index in [9.17, 15) is 0 Å². The van der Waals surface area contributed by atoms with Gasteiger partial charge in [-0.3, -0.25) is 5.10 Å². The van der Waals surface area contributed by atoms with E-state index in [1.165, 1.54) is 64.2 Å². The third-order valence-electron chi connectivity index (χ3n) is 4.78. The zero-order valence-electron chi connectivity index (χ0n) is 11.3. The van der Waals surface area contributed by atoms with Crippen LogP contribution in [0.3, 0.4) is 0 Å². The molecule has 100 valence electrons. The van der Waals surface area contributed by atoms with Crippen LogP contribution in [-0.4, -0.2) is 15.2 Å². The maximum absolute atomic E-state index is 4.71. The van der Waals surface area contributed by atoms with Crippen LogP contribution < -0.4 is 0 Å². The minimum absolute atomic E-state index is 0.643. The molecule has 18 heavy (non-hydrogen) atoms. The molecule has 2 aliphatic rings. The fourth-order valence-electron chi connectivity index (χ4n) is 3.61. The van der Waals surface area contributed by atoms with Gasteiger partial charge in [0.25, 0.3) is 0 Å². The number of rotatable bonds is 4. The van der Waals surface area contributed by atoms with E-state index in [-0.39, 0.29) is 0 Å². The van der Waals surface area contributed by atoms with Crippen molar-refractivity contribution in [2.24, 2.45) is 5.92 Å². The summed E-state index contributed by atoms with van der Waals surface area (Å²) in [6.45, 7) is 0. The van der Waals surface area contributed by atoms with Gasteiger partial charge >= 0.3 is 0 Å². The van der Waals surface area contributed by atoms with Gasteiger partial charge in [0.1, 0.15) is 5.82 Å². The van der Waals surface area contributed by atoms with Crippen molar-refractivity contribution >= 4 is 0 Å². The van der Waals surface area contributed by atoms with Crippen molar-refractivity contribution in [2.45, 2.75) is 76.5 Å². The maximum atomic E-state index is 4.71. The highest BCUT2D eigenvalue weighted by Crippen LogP contribution is 2.32. The Balaban J connectivity index is 1.50. The molecule has 0 unspecified atom stereocenters. The molecule has 3 nitrogen and oxygen atoms in total.